The van der Waals surface area contributed by atoms with Gasteiger partial charge in [-0.1, -0.05) is 231 Å². The molecule has 1 saturated carbocycles. The molecule has 0 amide bonds. The minimum absolute atomic E-state index is 0. The summed E-state index contributed by atoms with van der Waals surface area (Å²) in [6.07, 6.45) is 20.4. The average molecular weight is 2660 g/mol. The summed E-state index contributed by atoms with van der Waals surface area (Å²) >= 11 is 0. The van der Waals surface area contributed by atoms with Crippen LogP contribution in [-0.2, 0) is 112 Å². The Morgan fingerprint density at radius 3 is 1.72 bits per heavy atom. The zero-order valence-corrected chi connectivity index (χ0v) is 90.1. The molecule has 18 heteroatoms. The SMILES string of the molecule is CC(=O)C=C(C)O.CC(C)c1ccc(-c2ccc3c(c2)c2ccc[c-]c2c2nccn32)cc1.CCC1(Cc2ccc3c(c2)c2ccc[c-]c2c2nccn32)CCCC1.Cc1cc(C)c(-c2cc[c-]c3c4ncoc4c4c(C)cc(C)cc4c23)c(C)c1.Cc1cc2c3cccc(C)c3c3ncc[c-]c3n2n1.Cc1cc[c-]c2c1c1ccccc1n1c3cc(C(C)C)ccc3nc21.[Ir].[Ir].[Ir].[Ir].[Ir]. The Labute approximate surface area is 854 Å². The van der Waals surface area contributed by atoms with Gasteiger partial charge < -0.3 is 27.7 Å². The molecule has 0 bridgehead atoms. The van der Waals surface area contributed by atoms with Gasteiger partial charge in [-0.3, -0.25) is 29.2 Å². The van der Waals surface area contributed by atoms with Crippen molar-refractivity contribution in [2.24, 2.45) is 5.41 Å². The normalized spacial score (nSPS) is 12.3. The van der Waals surface area contributed by atoms with E-state index < -0.39 is 0 Å². The molecule has 0 atom stereocenters. The van der Waals surface area contributed by atoms with E-state index in [1.165, 1.54) is 212 Å². The monoisotopic (exact) mass is 2660 g/mol. The molecule has 0 saturated heterocycles. The van der Waals surface area contributed by atoms with Crippen LogP contribution in [0.2, 0.25) is 0 Å². The molecule has 0 spiro atoms. The average Bonchev–Trinajstić information content (AvgIpc) is 1.56. The maximum absolute atomic E-state index is 10.0. The number of benzene rings is 13. The summed E-state index contributed by atoms with van der Waals surface area (Å²) in [5.74, 6) is 0.984. The van der Waals surface area contributed by atoms with E-state index in [9.17, 15) is 4.79 Å². The molecule has 689 valence electrons. The number of allylic oxidation sites excluding steroid dienone is 2. The summed E-state index contributed by atoms with van der Waals surface area (Å²) in [5, 5.41) is 30.7. The Morgan fingerprint density at radius 2 is 1.06 bits per heavy atom. The summed E-state index contributed by atoms with van der Waals surface area (Å²) in [5.41, 5.74) is 33.1. The van der Waals surface area contributed by atoms with Gasteiger partial charge in [-0.2, -0.15) is 17.2 Å². The van der Waals surface area contributed by atoms with Crippen LogP contribution in [0.25, 0.3) is 175 Å². The third-order valence-electron chi connectivity index (χ3n) is 26.4. The molecule has 1 aliphatic carbocycles. The number of aryl methyl sites for hydroxylation is 8. The Balaban J connectivity index is 0.000000132. The van der Waals surface area contributed by atoms with Gasteiger partial charge in [-0.25, -0.2) is 0 Å². The fourth-order valence-electron chi connectivity index (χ4n) is 20.4. The van der Waals surface area contributed by atoms with E-state index in [1.807, 2.05) is 66.4 Å². The number of pyridine rings is 5. The van der Waals surface area contributed by atoms with Gasteiger partial charge in [0.05, 0.1) is 44.9 Å². The van der Waals surface area contributed by atoms with Crippen LogP contribution in [-0.4, -0.2) is 58.6 Å². The Morgan fingerprint density at radius 1 is 0.467 bits per heavy atom. The van der Waals surface area contributed by atoms with Crippen molar-refractivity contribution in [1.29, 1.82) is 0 Å². The minimum atomic E-state index is -0.125. The van der Waals surface area contributed by atoms with E-state index in [-0.39, 0.29) is 112 Å². The van der Waals surface area contributed by atoms with E-state index in [0.717, 1.165) is 82.7 Å². The van der Waals surface area contributed by atoms with Crippen LogP contribution < -0.4 is 0 Å². The number of hydrogen-bond acceptors (Lipinski definition) is 9. The maximum atomic E-state index is 10.0. The standard InChI is InChI=1S/C26H22NO.C24H19N2.C23H19N2.C23H23N2.C16H12N3.C5H8O2.5Ir/c1-14-9-16(3)22(17(4)10-14)19-7-6-8-20-24(19)21-12-15(2)11-18(5)23(21)26-25(20)27-13-28-26;1-16(2)17-7-9-18(10-8-17)19-11-12-23-22(15-19)20-5-3-4-6-21(20)24-25-13-14-26(23)24;1-14(2)16-11-12-19-21(13-16)25-20-10-5-4-8-17(20)22-15(3)7-6-9-18(22)23(25)24-19;1-2-23(11-5-6-12-23)16-17-9-10-21-20(15-17)18-7-3-4-8-19(18)22-24-13-14-25(21)22;1-10-5-3-6-12-14-9-11(2)18-19(14)13-7-4-8-17-16(13)15(10)12;1-4(6)3-5(2)7;;;;;/h6-7,9-13H,1-5H3;3-5,7-16H,1-2H3;4-8,10-14H,1-3H3;3-4,7,9-10,13-15H,2,5-6,11-12,16H2,1H3;3-6,8-9H,1-2H3;3,6H,1-2H3;;;;;/q5*-1;;;;;;. The van der Waals surface area contributed by atoms with Crippen LogP contribution in [0, 0.1) is 91.1 Å². The number of carbonyl (C=O) groups excluding carboxylic acids is 1. The topological polar surface area (TPSA) is 145 Å². The molecule has 23 aromatic rings. The summed E-state index contributed by atoms with van der Waals surface area (Å²) < 4.78 is 14.4. The first-order valence-corrected chi connectivity index (χ1v) is 45.2. The number of fused-ring (bicyclic) bond motifs is 32. The van der Waals surface area contributed by atoms with Crippen molar-refractivity contribution in [1.82, 2.24) is 47.7 Å². The number of rotatable bonds is 8. The number of aliphatic hydroxyl groups excluding tert-OH is 1. The Hall–Kier alpha value is -11.4. The third kappa shape index (κ3) is 19.0. The predicted octanol–water partition coefficient (Wildman–Crippen LogP) is 29.8. The number of aromatic nitrogens is 10. The molecule has 1 fully saturated rings. The molecule has 135 heavy (non-hydrogen) atoms. The number of aliphatic hydroxyl groups is 1. The molecule has 24 rings (SSSR count). The van der Waals surface area contributed by atoms with Crippen LogP contribution in [0.5, 0.6) is 0 Å². The largest absolute Gasteiger partial charge is 0.512 e. The second-order valence-electron chi connectivity index (χ2n) is 36.1. The van der Waals surface area contributed by atoms with Gasteiger partial charge in [0.1, 0.15) is 5.58 Å². The van der Waals surface area contributed by atoms with Crippen molar-refractivity contribution in [2.45, 2.75) is 154 Å². The molecule has 13 aromatic carbocycles. The number of carbonyl (C=O) groups is 1. The number of ketones is 1. The first-order chi connectivity index (χ1) is 63.0. The van der Waals surface area contributed by atoms with Crippen LogP contribution in [0.4, 0.5) is 0 Å². The van der Waals surface area contributed by atoms with Gasteiger partial charge in [0.25, 0.3) is 0 Å². The molecule has 10 aromatic heterocycles. The first-order valence-electron chi connectivity index (χ1n) is 45.2. The van der Waals surface area contributed by atoms with Crippen molar-refractivity contribution < 1.29 is 115 Å². The molecule has 10 heterocycles. The summed E-state index contributed by atoms with van der Waals surface area (Å²) in [7, 11) is 0. The summed E-state index contributed by atoms with van der Waals surface area (Å²) in [4.78, 5) is 33.2. The van der Waals surface area contributed by atoms with Crippen LogP contribution in [0.15, 0.2) is 272 Å². The van der Waals surface area contributed by atoms with Crippen LogP contribution in [0.1, 0.15) is 154 Å². The number of imidazole rings is 3. The van der Waals surface area contributed by atoms with Gasteiger partial charge >= 0.3 is 0 Å². The molecule has 5 radical (unpaired) electrons. The van der Waals surface area contributed by atoms with Gasteiger partial charge in [0.15, 0.2) is 12.2 Å². The number of nitrogens with zero attached hydrogens (tertiary/aromatic N) is 10. The van der Waals surface area contributed by atoms with Crippen molar-refractivity contribution in [3.8, 4) is 22.3 Å². The molecular weight excluding hydrogens is 2550 g/mol. The van der Waals surface area contributed by atoms with Gasteiger partial charge in [-0.15, -0.1) is 107 Å². The Kier molecular flexibility index (Phi) is 30.7. The zero-order valence-electron chi connectivity index (χ0n) is 78.1. The van der Waals surface area contributed by atoms with E-state index in [0.29, 0.717) is 17.3 Å². The van der Waals surface area contributed by atoms with Crippen molar-refractivity contribution >= 4 is 159 Å². The van der Waals surface area contributed by atoms with Crippen molar-refractivity contribution in [2.75, 3.05) is 0 Å². The van der Waals surface area contributed by atoms with Crippen LogP contribution in [0.3, 0.4) is 0 Å². The quantitative estimate of drug-likeness (QED) is 0.0680. The summed E-state index contributed by atoms with van der Waals surface area (Å²) in [6, 6.07) is 94.8. The van der Waals surface area contributed by atoms with E-state index in [1.54, 1.807) is 12.6 Å². The Bertz CT molecular complexity index is 8440. The van der Waals surface area contributed by atoms with E-state index in [2.05, 4.69) is 340 Å². The second-order valence-corrected chi connectivity index (χ2v) is 36.1. The molecule has 1 N–H and O–H groups in total. The van der Waals surface area contributed by atoms with Crippen LogP contribution >= 0.6 is 0 Å². The molecule has 0 aliphatic heterocycles. The van der Waals surface area contributed by atoms with Gasteiger partial charge in [0.2, 0.25) is 0 Å². The minimum Gasteiger partial charge on any atom is -0.512 e. The van der Waals surface area contributed by atoms with E-state index in [4.69, 9.17) is 14.5 Å². The fourth-order valence-corrected chi connectivity index (χ4v) is 20.4. The molecule has 1 aliphatic rings. The number of para-hydroxylation sites is 1. The van der Waals surface area contributed by atoms with E-state index >= 15 is 0 Å². The predicted molar refractivity (Wildman–Crippen MR) is 538 cm³/mol. The molecule has 13 nitrogen and oxygen atoms in total. The molecule has 0 unspecified atom stereocenters. The first kappa shape index (κ1) is 99.5. The smallest absolute Gasteiger partial charge is 0.171 e. The van der Waals surface area contributed by atoms with Crippen molar-refractivity contribution in [3.05, 3.63) is 359 Å². The number of oxazole rings is 1. The summed E-state index contributed by atoms with van der Waals surface area (Å²) in [6.45, 7) is 31.3. The fraction of sp³-hybridized carbons (Fsp3) is 0.205. The second kappa shape index (κ2) is 41.6. The third-order valence-corrected chi connectivity index (χ3v) is 26.4. The van der Waals surface area contributed by atoms with Crippen molar-refractivity contribution in [3.63, 3.8) is 0 Å². The zero-order chi connectivity index (χ0) is 90.1. The van der Waals surface area contributed by atoms with Gasteiger partial charge in [-0.05, 0) is 229 Å². The number of hydrogen-bond donors (Lipinski definition) is 1. The molecular formula is C117H103Ir5N10O3-5. The van der Waals surface area contributed by atoms with Gasteiger partial charge in [0, 0.05) is 159 Å². The maximum Gasteiger partial charge on any atom is 0.171 e.